The molecule has 2 aromatic heterocycles. The van der Waals surface area contributed by atoms with Crippen molar-refractivity contribution < 1.29 is 14.2 Å². The van der Waals surface area contributed by atoms with Crippen LogP contribution in [0.4, 0.5) is 10.3 Å². The van der Waals surface area contributed by atoms with Crippen LogP contribution in [-0.2, 0) is 5.60 Å². The van der Waals surface area contributed by atoms with Crippen molar-refractivity contribution in [3.63, 3.8) is 0 Å². The maximum Gasteiger partial charge on any atom is 0.225 e. The van der Waals surface area contributed by atoms with E-state index in [1.54, 1.807) is 38.6 Å². The lowest BCUT2D eigenvalue weighted by molar-refractivity contribution is 0.101. The van der Waals surface area contributed by atoms with Crippen molar-refractivity contribution >= 4 is 18.1 Å². The number of benzene rings is 2. The zero-order valence-electron chi connectivity index (χ0n) is 21.8. The second-order valence-corrected chi connectivity index (χ2v) is 9.44. The second-order valence-electron chi connectivity index (χ2n) is 9.44. The third-order valence-corrected chi connectivity index (χ3v) is 7.00. The number of anilines is 1. The summed E-state index contributed by atoms with van der Waals surface area (Å²) in [7, 11) is 1.64. The topological polar surface area (TPSA) is 114 Å². The Bertz CT molecular complexity index is 1440. The molecule has 0 unspecified atom stereocenters. The minimum Gasteiger partial charge on any atom is -0.497 e. The highest BCUT2D eigenvalue weighted by Gasteiger charge is 2.28. The fourth-order valence-corrected chi connectivity index (χ4v) is 4.65. The Balaban J connectivity index is 1.25. The van der Waals surface area contributed by atoms with E-state index in [1.807, 2.05) is 36.5 Å². The number of rotatable bonds is 7. The number of aliphatic imine (C=N–C) groups is 1. The highest BCUT2D eigenvalue weighted by atomic mass is 19.1. The zero-order chi connectivity index (χ0) is 27.4. The first-order chi connectivity index (χ1) is 18.9. The molecule has 9 nitrogen and oxygen atoms in total. The zero-order valence-corrected chi connectivity index (χ0v) is 21.8. The molecule has 4 aromatic rings. The maximum atomic E-state index is 13.3. The van der Waals surface area contributed by atoms with Gasteiger partial charge in [-0.15, -0.1) is 0 Å². The van der Waals surface area contributed by atoms with E-state index in [4.69, 9.17) is 10.1 Å². The number of piperazine rings is 1. The quantitative estimate of drug-likeness (QED) is 0.247. The largest absolute Gasteiger partial charge is 0.497 e. The Hall–Kier alpha value is -4.57. The standard InChI is InChI=1S/C29H30FN7O2/c1-29(38,22-5-7-24(30)8-6-22)23-17-33-28(34-18-23)37-13-11-36(12-14-37)27(35-19-31)26-15-21(16-32-26)20-3-9-25(39-2)10-4-20/h3-10,15-19,31-32,38H,11-14H2,1-2H3/t29-/m0/s1. The molecule has 1 atom stereocenters. The number of aliphatic hydroxyl groups is 1. The summed E-state index contributed by atoms with van der Waals surface area (Å²) in [6, 6.07) is 15.6. The Morgan fingerprint density at radius 1 is 1.03 bits per heavy atom. The summed E-state index contributed by atoms with van der Waals surface area (Å²) in [5, 5.41) is 18.6. The van der Waals surface area contributed by atoms with E-state index in [-0.39, 0.29) is 5.82 Å². The van der Waals surface area contributed by atoms with Crippen molar-refractivity contribution in [2.45, 2.75) is 12.5 Å². The SMILES string of the molecule is COc1ccc(-c2c[nH]c(C(=NC=N)N3CCN(c4ncc([C@@](C)(O)c5ccc(F)cc5)cn4)CC3)c2)cc1. The van der Waals surface area contributed by atoms with Crippen LogP contribution >= 0.6 is 0 Å². The Morgan fingerprint density at radius 2 is 1.69 bits per heavy atom. The van der Waals surface area contributed by atoms with E-state index in [0.717, 1.165) is 28.9 Å². The fraction of sp³-hybridized carbons (Fsp3) is 0.241. The van der Waals surface area contributed by atoms with Crippen LogP contribution in [0.15, 0.2) is 78.2 Å². The van der Waals surface area contributed by atoms with E-state index in [2.05, 4.69) is 29.7 Å². The molecule has 5 rings (SSSR count). The summed E-state index contributed by atoms with van der Waals surface area (Å²) >= 11 is 0. The fourth-order valence-electron chi connectivity index (χ4n) is 4.65. The number of aromatic amines is 1. The molecule has 0 saturated carbocycles. The highest BCUT2D eigenvalue weighted by Crippen LogP contribution is 2.29. The molecule has 1 aliphatic heterocycles. The Morgan fingerprint density at radius 3 is 2.31 bits per heavy atom. The molecule has 0 radical (unpaired) electrons. The van der Waals surface area contributed by atoms with Gasteiger partial charge >= 0.3 is 0 Å². The van der Waals surface area contributed by atoms with Crippen LogP contribution in [0.25, 0.3) is 11.1 Å². The predicted molar refractivity (Wildman–Crippen MR) is 149 cm³/mol. The number of H-pyrrole nitrogens is 1. The van der Waals surface area contributed by atoms with Gasteiger partial charge in [-0.2, -0.15) is 0 Å². The average Bonchev–Trinajstić information content (AvgIpc) is 3.46. The summed E-state index contributed by atoms with van der Waals surface area (Å²) in [4.78, 5) is 20.9. The van der Waals surface area contributed by atoms with Gasteiger partial charge in [-0.3, -0.25) is 5.41 Å². The molecule has 200 valence electrons. The van der Waals surface area contributed by atoms with Gasteiger partial charge in [0.15, 0.2) is 5.84 Å². The van der Waals surface area contributed by atoms with Crippen molar-refractivity contribution in [1.82, 2.24) is 19.9 Å². The normalized spacial score (nSPS) is 15.6. The van der Waals surface area contributed by atoms with E-state index < -0.39 is 5.60 Å². The molecule has 1 fully saturated rings. The van der Waals surface area contributed by atoms with E-state index in [9.17, 15) is 9.50 Å². The Kier molecular flexibility index (Phi) is 7.38. The first kappa shape index (κ1) is 26.1. The van der Waals surface area contributed by atoms with E-state index in [1.165, 1.54) is 12.1 Å². The van der Waals surface area contributed by atoms with E-state index >= 15 is 0 Å². The van der Waals surface area contributed by atoms with Gasteiger partial charge in [-0.25, -0.2) is 19.4 Å². The van der Waals surface area contributed by atoms with Crippen LogP contribution in [0.2, 0.25) is 0 Å². The lowest BCUT2D eigenvalue weighted by atomic mass is 9.90. The van der Waals surface area contributed by atoms with Crippen molar-refractivity contribution in [3.05, 3.63) is 95.8 Å². The number of ether oxygens (including phenoxy) is 1. The minimum absolute atomic E-state index is 0.358. The van der Waals surface area contributed by atoms with Crippen molar-refractivity contribution in [1.29, 1.82) is 5.41 Å². The summed E-state index contributed by atoms with van der Waals surface area (Å²) < 4.78 is 18.6. The monoisotopic (exact) mass is 527 g/mol. The molecule has 1 aliphatic rings. The first-order valence-corrected chi connectivity index (χ1v) is 12.6. The van der Waals surface area contributed by atoms with Crippen LogP contribution in [-0.4, -0.2) is 70.4 Å². The smallest absolute Gasteiger partial charge is 0.225 e. The van der Waals surface area contributed by atoms with Crippen LogP contribution in [0.5, 0.6) is 5.75 Å². The molecule has 3 heterocycles. The van der Waals surface area contributed by atoms with Gasteiger partial charge in [0.1, 0.15) is 23.5 Å². The van der Waals surface area contributed by atoms with Crippen LogP contribution < -0.4 is 9.64 Å². The molecule has 3 N–H and O–H groups in total. The number of nitrogens with zero attached hydrogens (tertiary/aromatic N) is 5. The molecule has 0 amide bonds. The first-order valence-electron chi connectivity index (χ1n) is 12.6. The minimum atomic E-state index is -1.34. The van der Waals surface area contributed by atoms with Gasteiger partial charge in [0, 0.05) is 50.3 Å². The van der Waals surface area contributed by atoms with Crippen LogP contribution in [0, 0.1) is 11.2 Å². The average molecular weight is 528 g/mol. The summed E-state index contributed by atoms with van der Waals surface area (Å²) in [5.41, 5.74) is 2.65. The number of nitrogens with one attached hydrogen (secondary N) is 2. The summed E-state index contributed by atoms with van der Waals surface area (Å²) in [6.45, 7) is 4.31. The lowest BCUT2D eigenvalue weighted by Gasteiger charge is -2.36. The predicted octanol–water partition coefficient (Wildman–Crippen LogP) is 4.05. The van der Waals surface area contributed by atoms with Crippen LogP contribution in [0.1, 0.15) is 23.7 Å². The second kappa shape index (κ2) is 11.0. The number of halogens is 1. The third-order valence-electron chi connectivity index (χ3n) is 7.00. The van der Waals surface area contributed by atoms with Crippen LogP contribution in [0.3, 0.4) is 0 Å². The number of hydrogen-bond acceptors (Lipinski definition) is 6. The van der Waals surface area contributed by atoms with E-state index in [0.29, 0.717) is 49.1 Å². The number of methoxy groups -OCH3 is 1. The number of hydrogen-bond donors (Lipinski definition) is 3. The number of aromatic nitrogens is 3. The molecule has 39 heavy (non-hydrogen) atoms. The van der Waals surface area contributed by atoms with Gasteiger partial charge in [0.2, 0.25) is 5.95 Å². The lowest BCUT2D eigenvalue weighted by Crippen LogP contribution is -2.49. The molecule has 0 spiro atoms. The van der Waals surface area contributed by atoms with Crippen molar-refractivity contribution in [3.8, 4) is 16.9 Å². The molecular weight excluding hydrogens is 497 g/mol. The third kappa shape index (κ3) is 5.51. The molecule has 2 aromatic carbocycles. The van der Waals surface area contributed by atoms with Crippen molar-refractivity contribution in [2.75, 3.05) is 38.2 Å². The van der Waals surface area contributed by atoms with Gasteiger partial charge < -0.3 is 24.6 Å². The van der Waals surface area contributed by atoms with Crippen molar-refractivity contribution in [2.24, 2.45) is 4.99 Å². The molecular formula is C29H30FN7O2. The van der Waals surface area contributed by atoms with Gasteiger partial charge in [0.25, 0.3) is 0 Å². The molecule has 1 saturated heterocycles. The van der Waals surface area contributed by atoms with Gasteiger partial charge in [-0.1, -0.05) is 24.3 Å². The van der Waals surface area contributed by atoms with Gasteiger partial charge in [0.05, 0.1) is 12.8 Å². The Labute approximate surface area is 226 Å². The summed E-state index contributed by atoms with van der Waals surface area (Å²) in [5.74, 6) is 1.72. The highest BCUT2D eigenvalue weighted by molar-refractivity contribution is 6.01. The number of amidine groups is 1. The molecule has 10 heteroatoms. The molecule has 0 aliphatic carbocycles. The van der Waals surface area contributed by atoms with Gasteiger partial charge in [-0.05, 0) is 53.9 Å². The maximum absolute atomic E-state index is 13.3. The summed E-state index contributed by atoms with van der Waals surface area (Å²) in [6.07, 6.45) is 6.22. The molecule has 0 bridgehead atoms.